The molecule has 2 atom stereocenters. The summed E-state index contributed by atoms with van der Waals surface area (Å²) in [4.78, 5) is 0. The van der Waals surface area contributed by atoms with Crippen LogP contribution in [0.2, 0.25) is 0 Å². The van der Waals surface area contributed by atoms with Crippen molar-refractivity contribution in [1.29, 1.82) is 0 Å². The maximum atomic E-state index is 13.2. The van der Waals surface area contributed by atoms with Crippen LogP contribution in [0.1, 0.15) is 37.4 Å². The lowest BCUT2D eigenvalue weighted by atomic mass is 9.91. The highest BCUT2D eigenvalue weighted by Gasteiger charge is 2.34. The molecule has 0 fully saturated rings. The molecular weight excluding hydrogens is 246 g/mol. The molecule has 2 unspecified atom stereocenters. The lowest BCUT2D eigenvalue weighted by Crippen LogP contribution is -2.24. The Morgan fingerprint density at radius 2 is 1.89 bits per heavy atom. The molecule has 0 amide bonds. The average Bonchev–Trinajstić information content (AvgIpc) is 2.30. The Morgan fingerprint density at radius 3 is 2.33 bits per heavy atom. The molecule has 0 aliphatic heterocycles. The summed E-state index contributed by atoms with van der Waals surface area (Å²) in [7, 11) is 1.69. The zero-order valence-electron chi connectivity index (χ0n) is 10.6. The first-order valence-electron chi connectivity index (χ1n) is 5.85. The van der Waals surface area contributed by atoms with Crippen LogP contribution in [0.3, 0.4) is 0 Å². The summed E-state index contributed by atoms with van der Waals surface area (Å²) in [5.74, 6) is -1.06. The molecule has 0 radical (unpaired) electrons. The van der Waals surface area contributed by atoms with Crippen LogP contribution in [0.4, 0.5) is 17.6 Å². The van der Waals surface area contributed by atoms with Crippen molar-refractivity contribution in [1.82, 2.24) is 5.32 Å². The molecule has 0 saturated carbocycles. The molecule has 0 heterocycles. The molecule has 102 valence electrons. The molecule has 1 aromatic rings. The van der Waals surface area contributed by atoms with Crippen molar-refractivity contribution < 1.29 is 17.6 Å². The highest BCUT2D eigenvalue weighted by molar-refractivity contribution is 5.29. The molecular formula is C13H17F4N. The number of nitrogens with one attached hydrogen (secondary N) is 1. The van der Waals surface area contributed by atoms with Crippen molar-refractivity contribution in [2.24, 2.45) is 5.92 Å². The largest absolute Gasteiger partial charge is 0.419 e. The highest BCUT2D eigenvalue weighted by Crippen LogP contribution is 2.34. The van der Waals surface area contributed by atoms with E-state index in [4.69, 9.17) is 0 Å². The zero-order valence-corrected chi connectivity index (χ0v) is 10.6. The normalized spacial score (nSPS) is 15.5. The van der Waals surface area contributed by atoms with Crippen LogP contribution in [0.5, 0.6) is 0 Å². The minimum atomic E-state index is -4.66. The van der Waals surface area contributed by atoms with E-state index >= 15 is 0 Å². The van der Waals surface area contributed by atoms with Gasteiger partial charge in [0.2, 0.25) is 0 Å². The Kier molecular flexibility index (Phi) is 4.73. The summed E-state index contributed by atoms with van der Waals surface area (Å²) >= 11 is 0. The topological polar surface area (TPSA) is 12.0 Å². The fourth-order valence-corrected chi connectivity index (χ4v) is 1.97. The molecule has 0 aromatic heterocycles. The van der Waals surface area contributed by atoms with Crippen molar-refractivity contribution in [2.75, 3.05) is 7.05 Å². The Bertz CT molecular complexity index is 400. The van der Waals surface area contributed by atoms with Gasteiger partial charge in [0.1, 0.15) is 5.82 Å². The van der Waals surface area contributed by atoms with Gasteiger partial charge in [0.15, 0.2) is 0 Å². The molecule has 1 N–H and O–H groups in total. The molecule has 0 saturated heterocycles. The standard InChI is InChI=1S/C13H17F4N/c1-4-8(2)12(18-3)9-5-6-11(14)10(7-9)13(15,16)17/h5-8,12,18H,4H2,1-3H3. The smallest absolute Gasteiger partial charge is 0.313 e. The van der Waals surface area contributed by atoms with Gasteiger partial charge >= 0.3 is 6.18 Å². The maximum Gasteiger partial charge on any atom is 0.419 e. The van der Waals surface area contributed by atoms with Crippen molar-refractivity contribution in [3.05, 3.63) is 35.1 Å². The molecule has 0 spiro atoms. The predicted molar refractivity (Wildman–Crippen MR) is 62.7 cm³/mol. The van der Waals surface area contributed by atoms with Gasteiger partial charge in [0.25, 0.3) is 0 Å². The summed E-state index contributed by atoms with van der Waals surface area (Å²) in [6.07, 6.45) is -3.84. The molecule has 0 aliphatic rings. The molecule has 1 rings (SSSR count). The van der Waals surface area contributed by atoms with Gasteiger partial charge in [-0.05, 0) is 30.7 Å². The molecule has 0 bridgehead atoms. The summed E-state index contributed by atoms with van der Waals surface area (Å²) in [5, 5.41) is 2.98. The van der Waals surface area contributed by atoms with Crippen LogP contribution < -0.4 is 5.32 Å². The van der Waals surface area contributed by atoms with Crippen LogP contribution in [0.15, 0.2) is 18.2 Å². The third-order valence-electron chi connectivity index (χ3n) is 3.18. The second-order valence-corrected chi connectivity index (χ2v) is 4.39. The quantitative estimate of drug-likeness (QED) is 0.805. The Labute approximate surface area is 104 Å². The van der Waals surface area contributed by atoms with Crippen molar-refractivity contribution in [2.45, 2.75) is 32.5 Å². The van der Waals surface area contributed by atoms with Gasteiger partial charge in [0.05, 0.1) is 5.56 Å². The number of benzene rings is 1. The Balaban J connectivity index is 3.18. The second-order valence-electron chi connectivity index (χ2n) is 4.39. The fourth-order valence-electron chi connectivity index (χ4n) is 1.97. The average molecular weight is 263 g/mol. The lowest BCUT2D eigenvalue weighted by molar-refractivity contribution is -0.140. The van der Waals surface area contributed by atoms with E-state index < -0.39 is 17.6 Å². The van der Waals surface area contributed by atoms with Gasteiger partial charge in [-0.15, -0.1) is 0 Å². The molecule has 0 aliphatic carbocycles. The zero-order chi connectivity index (χ0) is 13.9. The van der Waals surface area contributed by atoms with Crippen LogP contribution in [0, 0.1) is 11.7 Å². The first kappa shape index (κ1) is 15.0. The summed E-state index contributed by atoms with van der Waals surface area (Å²) in [6, 6.07) is 2.96. The first-order chi connectivity index (χ1) is 8.31. The van der Waals surface area contributed by atoms with E-state index in [1.807, 2.05) is 13.8 Å². The molecule has 1 nitrogen and oxygen atoms in total. The van der Waals surface area contributed by atoms with E-state index in [1.165, 1.54) is 6.07 Å². The Hall–Kier alpha value is -1.10. The van der Waals surface area contributed by atoms with Gasteiger partial charge < -0.3 is 5.32 Å². The monoisotopic (exact) mass is 263 g/mol. The summed E-state index contributed by atoms with van der Waals surface area (Å²) in [5.41, 5.74) is -0.746. The number of halogens is 4. The SMILES string of the molecule is CCC(C)C(NC)c1ccc(F)c(C(F)(F)F)c1. The molecule has 5 heteroatoms. The summed E-state index contributed by atoms with van der Waals surface area (Å²) < 4.78 is 51.0. The van der Waals surface area contributed by atoms with E-state index in [1.54, 1.807) is 7.05 Å². The van der Waals surface area contributed by atoms with E-state index in [2.05, 4.69) is 5.32 Å². The van der Waals surface area contributed by atoms with Gasteiger partial charge in [0, 0.05) is 6.04 Å². The number of hydrogen-bond acceptors (Lipinski definition) is 1. The van der Waals surface area contributed by atoms with Crippen LogP contribution in [0.25, 0.3) is 0 Å². The third-order valence-corrected chi connectivity index (χ3v) is 3.18. The first-order valence-corrected chi connectivity index (χ1v) is 5.85. The third kappa shape index (κ3) is 3.22. The fraction of sp³-hybridized carbons (Fsp3) is 0.538. The van der Waals surface area contributed by atoms with Crippen molar-refractivity contribution in [3.63, 3.8) is 0 Å². The number of alkyl halides is 3. The molecule has 1 aromatic carbocycles. The van der Waals surface area contributed by atoms with Crippen LogP contribution in [-0.4, -0.2) is 7.05 Å². The number of hydrogen-bond donors (Lipinski definition) is 1. The lowest BCUT2D eigenvalue weighted by Gasteiger charge is -2.24. The van der Waals surface area contributed by atoms with Gasteiger partial charge in [-0.1, -0.05) is 26.3 Å². The molecule has 18 heavy (non-hydrogen) atoms. The van der Waals surface area contributed by atoms with Crippen molar-refractivity contribution in [3.8, 4) is 0 Å². The van der Waals surface area contributed by atoms with E-state index in [0.29, 0.717) is 5.56 Å². The predicted octanol–water partition coefficient (Wildman–Crippen LogP) is 4.15. The van der Waals surface area contributed by atoms with E-state index in [-0.39, 0.29) is 12.0 Å². The maximum absolute atomic E-state index is 13.2. The number of rotatable bonds is 4. The minimum absolute atomic E-state index is 0.168. The van der Waals surface area contributed by atoms with Crippen molar-refractivity contribution >= 4 is 0 Å². The van der Waals surface area contributed by atoms with Crippen LogP contribution in [-0.2, 0) is 6.18 Å². The van der Waals surface area contributed by atoms with Gasteiger partial charge in [-0.3, -0.25) is 0 Å². The summed E-state index contributed by atoms with van der Waals surface area (Å²) in [6.45, 7) is 3.90. The van der Waals surface area contributed by atoms with Gasteiger partial charge in [-0.25, -0.2) is 4.39 Å². The van der Waals surface area contributed by atoms with Gasteiger partial charge in [-0.2, -0.15) is 13.2 Å². The second kappa shape index (κ2) is 5.69. The van der Waals surface area contributed by atoms with Crippen LogP contribution >= 0.6 is 0 Å². The highest BCUT2D eigenvalue weighted by atomic mass is 19.4. The Morgan fingerprint density at radius 1 is 1.28 bits per heavy atom. The van der Waals surface area contributed by atoms with E-state index in [9.17, 15) is 17.6 Å². The van der Waals surface area contributed by atoms with E-state index in [0.717, 1.165) is 18.6 Å². The minimum Gasteiger partial charge on any atom is -0.313 e.